The lowest BCUT2D eigenvalue weighted by Gasteiger charge is -2.16. The second kappa shape index (κ2) is 7.33. The molecule has 1 heterocycles. The predicted molar refractivity (Wildman–Crippen MR) is 100 cm³/mol. The molecule has 0 unspecified atom stereocenters. The van der Waals surface area contributed by atoms with Gasteiger partial charge in [0.25, 0.3) is 0 Å². The van der Waals surface area contributed by atoms with Crippen molar-refractivity contribution in [2.45, 2.75) is 13.3 Å². The van der Waals surface area contributed by atoms with Crippen LogP contribution in [-0.2, 0) is 0 Å². The van der Waals surface area contributed by atoms with Gasteiger partial charge in [-0.25, -0.2) is 4.98 Å². The number of rotatable bonds is 4. The lowest BCUT2D eigenvalue weighted by molar-refractivity contribution is 0.475. The van der Waals surface area contributed by atoms with Crippen LogP contribution >= 0.6 is 11.6 Å². The molecule has 0 bridgehead atoms. The van der Waals surface area contributed by atoms with Crippen molar-refractivity contribution in [3.63, 3.8) is 0 Å². The molecule has 0 saturated heterocycles. The molecule has 0 aliphatic rings. The summed E-state index contributed by atoms with van der Waals surface area (Å²) in [4.78, 5) is 4.24. The minimum Gasteiger partial charge on any atom is -0.508 e. The Morgan fingerprint density at radius 1 is 0.875 bits per heavy atom. The maximum absolute atomic E-state index is 9.61. The fraction of sp³-hybridized carbons (Fsp3) is 0.0952. The molecule has 1 aromatic heterocycles. The van der Waals surface area contributed by atoms with E-state index in [1.54, 1.807) is 24.4 Å². The van der Waals surface area contributed by atoms with Crippen molar-refractivity contribution >= 4 is 22.7 Å². The number of allylic oxidation sites excluding steroid dienone is 1. The molecule has 3 heteroatoms. The normalized spacial score (nSPS) is 11.9. The third kappa shape index (κ3) is 3.50. The summed E-state index contributed by atoms with van der Waals surface area (Å²) in [5.74, 6) is 0.255. The van der Waals surface area contributed by atoms with Crippen molar-refractivity contribution in [3.05, 3.63) is 94.8 Å². The van der Waals surface area contributed by atoms with E-state index >= 15 is 0 Å². The van der Waals surface area contributed by atoms with E-state index in [9.17, 15) is 5.11 Å². The second-order valence-electron chi connectivity index (χ2n) is 5.49. The van der Waals surface area contributed by atoms with Crippen LogP contribution in [0.5, 0.6) is 5.75 Å². The Labute approximate surface area is 147 Å². The van der Waals surface area contributed by atoms with Crippen LogP contribution in [0.4, 0.5) is 0 Å². The minimum absolute atomic E-state index is 0.255. The molecule has 0 fully saturated rings. The Bertz CT molecular complexity index is 790. The highest BCUT2D eigenvalue weighted by atomic mass is 35.5. The molecule has 0 amide bonds. The van der Waals surface area contributed by atoms with Gasteiger partial charge in [-0.15, -0.1) is 0 Å². The number of hydrogen-bond donors (Lipinski definition) is 1. The molecule has 2 aromatic carbocycles. The zero-order valence-electron chi connectivity index (χ0n) is 13.4. The molecule has 0 spiro atoms. The highest BCUT2D eigenvalue weighted by Gasteiger charge is 2.13. The minimum atomic E-state index is 0.255. The lowest BCUT2D eigenvalue weighted by Crippen LogP contribution is -1.95. The van der Waals surface area contributed by atoms with Gasteiger partial charge in [0.1, 0.15) is 10.9 Å². The van der Waals surface area contributed by atoms with Gasteiger partial charge >= 0.3 is 0 Å². The zero-order chi connectivity index (χ0) is 16.9. The van der Waals surface area contributed by atoms with Gasteiger partial charge in [-0.3, -0.25) is 0 Å². The Morgan fingerprint density at radius 3 is 2.12 bits per heavy atom. The van der Waals surface area contributed by atoms with Gasteiger partial charge < -0.3 is 5.11 Å². The number of halogens is 1. The molecule has 0 atom stereocenters. The molecule has 24 heavy (non-hydrogen) atoms. The zero-order valence-corrected chi connectivity index (χ0v) is 14.2. The Kier molecular flexibility index (Phi) is 4.97. The summed E-state index contributed by atoms with van der Waals surface area (Å²) in [6, 6.07) is 21.4. The van der Waals surface area contributed by atoms with Gasteiger partial charge in [0.2, 0.25) is 0 Å². The lowest BCUT2D eigenvalue weighted by atomic mass is 9.89. The fourth-order valence-corrected chi connectivity index (χ4v) is 2.94. The van der Waals surface area contributed by atoms with E-state index in [-0.39, 0.29) is 5.75 Å². The Hall–Kier alpha value is -2.58. The summed E-state index contributed by atoms with van der Waals surface area (Å²) in [6.07, 6.45) is 2.67. The maximum atomic E-state index is 9.61. The number of hydrogen-bond acceptors (Lipinski definition) is 2. The summed E-state index contributed by atoms with van der Waals surface area (Å²) in [7, 11) is 0. The van der Waals surface area contributed by atoms with E-state index in [0.717, 1.165) is 23.1 Å². The molecular weight excluding hydrogens is 318 g/mol. The molecule has 3 rings (SSSR count). The maximum Gasteiger partial charge on any atom is 0.129 e. The van der Waals surface area contributed by atoms with Crippen LogP contribution in [-0.4, -0.2) is 10.1 Å². The van der Waals surface area contributed by atoms with Crippen molar-refractivity contribution in [2.24, 2.45) is 0 Å². The summed E-state index contributed by atoms with van der Waals surface area (Å²) < 4.78 is 0. The van der Waals surface area contributed by atoms with Crippen molar-refractivity contribution in [1.29, 1.82) is 0 Å². The predicted octanol–water partition coefficient (Wildman–Crippen LogP) is 5.81. The van der Waals surface area contributed by atoms with Crippen molar-refractivity contribution < 1.29 is 5.11 Å². The smallest absolute Gasteiger partial charge is 0.129 e. The van der Waals surface area contributed by atoms with Crippen LogP contribution in [0.25, 0.3) is 11.1 Å². The number of aromatic nitrogens is 1. The average molecular weight is 336 g/mol. The largest absolute Gasteiger partial charge is 0.508 e. The highest BCUT2D eigenvalue weighted by molar-refractivity contribution is 6.29. The summed E-state index contributed by atoms with van der Waals surface area (Å²) in [5.41, 5.74) is 5.56. The van der Waals surface area contributed by atoms with Crippen molar-refractivity contribution in [1.82, 2.24) is 4.98 Å². The Balaban J connectivity index is 2.26. The van der Waals surface area contributed by atoms with Crippen LogP contribution in [0.2, 0.25) is 5.15 Å². The first kappa shape index (κ1) is 16.3. The van der Waals surface area contributed by atoms with E-state index in [4.69, 9.17) is 11.6 Å². The van der Waals surface area contributed by atoms with E-state index in [0.29, 0.717) is 5.15 Å². The van der Waals surface area contributed by atoms with Gasteiger partial charge in [-0.2, -0.15) is 0 Å². The SMILES string of the molecule is CC/C(=C(/c1ccc(O)cc1)c1ccc(Cl)nc1)c1ccccc1. The molecule has 0 saturated carbocycles. The van der Waals surface area contributed by atoms with Gasteiger partial charge in [-0.1, -0.05) is 61.0 Å². The molecule has 1 N–H and O–H groups in total. The molecule has 2 nitrogen and oxygen atoms in total. The van der Waals surface area contributed by atoms with Crippen molar-refractivity contribution in [3.8, 4) is 5.75 Å². The molecular formula is C21H18ClNO. The second-order valence-corrected chi connectivity index (χ2v) is 5.88. The summed E-state index contributed by atoms with van der Waals surface area (Å²) in [6.45, 7) is 2.14. The van der Waals surface area contributed by atoms with Gasteiger partial charge in [0.15, 0.2) is 0 Å². The summed E-state index contributed by atoms with van der Waals surface area (Å²) in [5, 5.41) is 10.1. The molecule has 120 valence electrons. The summed E-state index contributed by atoms with van der Waals surface area (Å²) >= 11 is 5.95. The number of nitrogens with zero attached hydrogens (tertiary/aromatic N) is 1. The monoisotopic (exact) mass is 335 g/mol. The Morgan fingerprint density at radius 2 is 1.54 bits per heavy atom. The number of phenolic OH excluding ortho intramolecular Hbond substituents is 1. The quantitative estimate of drug-likeness (QED) is 0.482. The van der Waals surface area contributed by atoms with Crippen LogP contribution in [0.3, 0.4) is 0 Å². The van der Waals surface area contributed by atoms with E-state index in [1.165, 1.54) is 11.1 Å². The van der Waals surface area contributed by atoms with E-state index < -0.39 is 0 Å². The molecule has 3 aromatic rings. The van der Waals surface area contributed by atoms with E-state index in [2.05, 4.69) is 24.0 Å². The van der Waals surface area contributed by atoms with E-state index in [1.807, 2.05) is 36.4 Å². The number of pyridine rings is 1. The topological polar surface area (TPSA) is 33.1 Å². The first-order valence-corrected chi connectivity index (χ1v) is 8.26. The first-order chi connectivity index (χ1) is 11.7. The standard InChI is InChI=1S/C21H18ClNO/c1-2-19(15-6-4-3-5-7-15)21(16-8-11-18(24)12-9-16)17-10-13-20(22)23-14-17/h3-14,24H,2H2,1H3/b21-19+. The van der Waals surface area contributed by atoms with Crippen LogP contribution < -0.4 is 0 Å². The molecule has 0 aliphatic carbocycles. The van der Waals surface area contributed by atoms with Crippen LogP contribution in [0.1, 0.15) is 30.0 Å². The number of benzene rings is 2. The van der Waals surface area contributed by atoms with Crippen LogP contribution in [0, 0.1) is 0 Å². The van der Waals surface area contributed by atoms with Gasteiger partial charge in [-0.05, 0) is 53.0 Å². The van der Waals surface area contributed by atoms with Crippen molar-refractivity contribution in [2.75, 3.05) is 0 Å². The highest BCUT2D eigenvalue weighted by Crippen LogP contribution is 2.34. The van der Waals surface area contributed by atoms with Gasteiger partial charge in [0, 0.05) is 11.8 Å². The third-order valence-corrected chi connectivity index (χ3v) is 4.17. The number of phenols is 1. The average Bonchev–Trinajstić information content (AvgIpc) is 2.62. The fourth-order valence-electron chi connectivity index (χ4n) is 2.83. The van der Waals surface area contributed by atoms with Gasteiger partial charge in [0.05, 0.1) is 0 Å². The molecule has 0 radical (unpaired) electrons. The first-order valence-electron chi connectivity index (χ1n) is 7.89. The number of aromatic hydroxyl groups is 1. The third-order valence-electron chi connectivity index (χ3n) is 3.95. The van der Waals surface area contributed by atoms with Crippen LogP contribution in [0.15, 0.2) is 72.9 Å². The molecule has 0 aliphatic heterocycles.